The second-order valence-electron chi connectivity index (χ2n) is 5.29. The quantitative estimate of drug-likeness (QED) is 0.848. The minimum absolute atomic E-state index is 0.502. The van der Waals surface area contributed by atoms with Gasteiger partial charge in [0.15, 0.2) is 5.82 Å². The van der Waals surface area contributed by atoms with Crippen molar-refractivity contribution in [3.63, 3.8) is 0 Å². The topological polar surface area (TPSA) is 66.0 Å². The number of hydrogen-bond donors (Lipinski definition) is 2. The molecule has 0 saturated heterocycles. The van der Waals surface area contributed by atoms with Gasteiger partial charge in [0.1, 0.15) is 0 Å². The van der Waals surface area contributed by atoms with Gasteiger partial charge in [-0.25, -0.2) is 0 Å². The summed E-state index contributed by atoms with van der Waals surface area (Å²) in [6.45, 7) is 5.86. The van der Waals surface area contributed by atoms with Crippen molar-refractivity contribution in [3.8, 4) is 0 Å². The van der Waals surface area contributed by atoms with E-state index in [1.54, 1.807) is 6.20 Å². The lowest BCUT2D eigenvalue weighted by Crippen LogP contribution is -2.21. The molecule has 21 heavy (non-hydrogen) atoms. The van der Waals surface area contributed by atoms with Crippen LogP contribution >= 0.6 is 0 Å². The van der Waals surface area contributed by atoms with Crippen LogP contribution in [0.25, 0.3) is 0 Å². The first-order valence-electron chi connectivity index (χ1n) is 6.98. The van der Waals surface area contributed by atoms with Crippen molar-refractivity contribution in [2.45, 2.75) is 13.8 Å². The predicted octanol–water partition coefficient (Wildman–Crippen LogP) is 2.21. The molecular weight excluding hydrogens is 264 g/mol. The van der Waals surface area contributed by atoms with E-state index < -0.39 is 0 Å². The highest BCUT2D eigenvalue weighted by Gasteiger charge is 2.05. The van der Waals surface area contributed by atoms with E-state index in [1.807, 2.05) is 20.2 Å². The molecule has 0 amide bonds. The van der Waals surface area contributed by atoms with Crippen molar-refractivity contribution in [3.05, 3.63) is 35.5 Å². The van der Waals surface area contributed by atoms with Gasteiger partial charge in [0.05, 0.1) is 6.20 Å². The smallest absolute Gasteiger partial charge is 0.249 e. The lowest BCUT2D eigenvalue weighted by Gasteiger charge is -2.13. The van der Waals surface area contributed by atoms with Crippen molar-refractivity contribution in [2.24, 2.45) is 0 Å². The maximum Gasteiger partial charge on any atom is 0.249 e. The maximum absolute atomic E-state index is 4.43. The van der Waals surface area contributed by atoms with Gasteiger partial charge in [-0.1, -0.05) is 18.2 Å². The van der Waals surface area contributed by atoms with E-state index in [0.29, 0.717) is 5.95 Å². The molecule has 0 unspecified atom stereocenters. The van der Waals surface area contributed by atoms with Gasteiger partial charge in [0.2, 0.25) is 5.95 Å². The van der Waals surface area contributed by atoms with E-state index in [-0.39, 0.29) is 0 Å². The molecule has 0 radical (unpaired) electrons. The summed E-state index contributed by atoms with van der Waals surface area (Å²) in [6, 6.07) is 6.15. The lowest BCUT2D eigenvalue weighted by atomic mass is 10.1. The minimum atomic E-state index is 0.502. The average molecular weight is 286 g/mol. The first-order valence-corrected chi connectivity index (χ1v) is 6.98. The van der Waals surface area contributed by atoms with Gasteiger partial charge >= 0.3 is 0 Å². The van der Waals surface area contributed by atoms with Crippen LogP contribution in [0.15, 0.2) is 24.4 Å². The molecule has 0 fully saturated rings. The summed E-state index contributed by atoms with van der Waals surface area (Å²) in [5, 5.41) is 14.5. The fraction of sp³-hybridized carbons (Fsp3) is 0.400. The molecule has 0 spiro atoms. The van der Waals surface area contributed by atoms with Crippen LogP contribution in [0.2, 0.25) is 0 Å². The molecule has 112 valence electrons. The SMILES string of the molecule is Cc1cccc(C)c1Nc1nncc(NCCN(C)C)n1. The Labute approximate surface area is 125 Å². The Morgan fingerprint density at radius 3 is 2.52 bits per heavy atom. The summed E-state index contributed by atoms with van der Waals surface area (Å²) in [7, 11) is 4.07. The summed E-state index contributed by atoms with van der Waals surface area (Å²) in [4.78, 5) is 6.54. The largest absolute Gasteiger partial charge is 0.367 e. The normalized spacial score (nSPS) is 10.7. The van der Waals surface area contributed by atoms with Gasteiger partial charge in [0.25, 0.3) is 0 Å². The number of nitrogens with zero attached hydrogens (tertiary/aromatic N) is 4. The van der Waals surface area contributed by atoms with Crippen molar-refractivity contribution < 1.29 is 0 Å². The average Bonchev–Trinajstić information content (AvgIpc) is 2.43. The predicted molar refractivity (Wildman–Crippen MR) is 86.1 cm³/mol. The Morgan fingerprint density at radius 2 is 1.86 bits per heavy atom. The van der Waals surface area contributed by atoms with Crippen molar-refractivity contribution >= 4 is 17.5 Å². The zero-order valence-corrected chi connectivity index (χ0v) is 13.0. The van der Waals surface area contributed by atoms with Crippen LogP contribution < -0.4 is 10.6 Å². The molecule has 0 aliphatic heterocycles. The molecule has 6 heteroatoms. The van der Waals surface area contributed by atoms with Crippen LogP contribution in [0, 0.1) is 13.8 Å². The summed E-state index contributed by atoms with van der Waals surface area (Å²) < 4.78 is 0. The van der Waals surface area contributed by atoms with Gasteiger partial charge in [-0.15, -0.1) is 5.10 Å². The highest BCUT2D eigenvalue weighted by molar-refractivity contribution is 5.62. The van der Waals surface area contributed by atoms with Crippen LogP contribution in [-0.4, -0.2) is 47.3 Å². The summed E-state index contributed by atoms with van der Waals surface area (Å²) in [6.07, 6.45) is 1.63. The van der Waals surface area contributed by atoms with E-state index >= 15 is 0 Å². The monoisotopic (exact) mass is 286 g/mol. The second-order valence-corrected chi connectivity index (χ2v) is 5.29. The molecule has 2 N–H and O–H groups in total. The molecule has 0 aliphatic rings. The molecular formula is C15H22N6. The van der Waals surface area contributed by atoms with Gasteiger partial charge in [0, 0.05) is 18.8 Å². The third-order valence-electron chi connectivity index (χ3n) is 3.14. The molecule has 1 aromatic carbocycles. The molecule has 0 atom stereocenters. The van der Waals surface area contributed by atoms with Gasteiger partial charge < -0.3 is 15.5 Å². The standard InChI is InChI=1S/C15H22N6/c1-11-6-5-7-12(2)14(11)19-15-18-13(10-17-20-15)16-8-9-21(3)4/h5-7,10H,8-9H2,1-4H3,(H2,16,18,19,20). The first-order chi connectivity index (χ1) is 10.1. The Bertz CT molecular complexity index is 576. The maximum atomic E-state index is 4.43. The number of aromatic nitrogens is 3. The number of nitrogens with one attached hydrogen (secondary N) is 2. The first kappa shape index (κ1) is 15.2. The second kappa shape index (κ2) is 6.99. The number of anilines is 3. The molecule has 2 rings (SSSR count). The molecule has 6 nitrogen and oxygen atoms in total. The number of aryl methyl sites for hydroxylation is 2. The number of likely N-dealkylation sites (N-methyl/N-ethyl adjacent to an activating group) is 1. The molecule has 0 aliphatic carbocycles. The van der Waals surface area contributed by atoms with E-state index in [2.05, 4.69) is 56.7 Å². The fourth-order valence-electron chi connectivity index (χ4n) is 1.97. The zero-order valence-electron chi connectivity index (χ0n) is 13.0. The van der Waals surface area contributed by atoms with Crippen LogP contribution in [0.5, 0.6) is 0 Å². The van der Waals surface area contributed by atoms with Gasteiger partial charge in [-0.3, -0.25) is 0 Å². The van der Waals surface area contributed by atoms with E-state index in [0.717, 1.165) is 35.7 Å². The summed E-state index contributed by atoms with van der Waals surface area (Å²) in [5.41, 5.74) is 3.35. The van der Waals surface area contributed by atoms with Crippen molar-refractivity contribution in [1.29, 1.82) is 0 Å². The lowest BCUT2D eigenvalue weighted by molar-refractivity contribution is 0.425. The highest BCUT2D eigenvalue weighted by Crippen LogP contribution is 2.22. The van der Waals surface area contributed by atoms with E-state index in [1.165, 1.54) is 0 Å². The number of para-hydroxylation sites is 1. The molecule has 0 saturated carbocycles. The van der Waals surface area contributed by atoms with Crippen LogP contribution in [-0.2, 0) is 0 Å². The Kier molecular flexibility index (Phi) is 5.05. The number of hydrogen-bond acceptors (Lipinski definition) is 6. The van der Waals surface area contributed by atoms with E-state index in [9.17, 15) is 0 Å². The number of rotatable bonds is 6. The molecule has 0 bridgehead atoms. The van der Waals surface area contributed by atoms with Gasteiger partial charge in [-0.2, -0.15) is 10.1 Å². The minimum Gasteiger partial charge on any atom is -0.367 e. The Hall–Kier alpha value is -2.21. The molecule has 2 aromatic rings. The Balaban J connectivity index is 2.07. The van der Waals surface area contributed by atoms with Gasteiger partial charge in [-0.05, 0) is 39.1 Å². The Morgan fingerprint density at radius 1 is 1.14 bits per heavy atom. The van der Waals surface area contributed by atoms with Crippen LogP contribution in [0.4, 0.5) is 17.5 Å². The fourth-order valence-corrected chi connectivity index (χ4v) is 1.97. The highest BCUT2D eigenvalue weighted by atomic mass is 15.3. The number of benzene rings is 1. The summed E-state index contributed by atoms with van der Waals surface area (Å²) >= 11 is 0. The van der Waals surface area contributed by atoms with Crippen molar-refractivity contribution in [2.75, 3.05) is 37.8 Å². The van der Waals surface area contributed by atoms with E-state index in [4.69, 9.17) is 0 Å². The van der Waals surface area contributed by atoms with Crippen LogP contribution in [0.1, 0.15) is 11.1 Å². The third-order valence-corrected chi connectivity index (χ3v) is 3.14. The van der Waals surface area contributed by atoms with Crippen molar-refractivity contribution in [1.82, 2.24) is 20.1 Å². The molecule has 1 aromatic heterocycles. The summed E-state index contributed by atoms with van der Waals surface area (Å²) in [5.74, 6) is 1.22. The molecule has 1 heterocycles. The van der Waals surface area contributed by atoms with Crippen LogP contribution in [0.3, 0.4) is 0 Å². The zero-order chi connectivity index (χ0) is 15.2. The third kappa shape index (κ3) is 4.39.